The van der Waals surface area contributed by atoms with Crippen molar-refractivity contribution in [2.45, 2.75) is 58.3 Å². The minimum atomic E-state index is -1.24. The average Bonchev–Trinajstić information content (AvgIpc) is 3.14. The van der Waals surface area contributed by atoms with Gasteiger partial charge in [0.2, 0.25) is 0 Å². The number of aromatic nitrogens is 1. The van der Waals surface area contributed by atoms with Gasteiger partial charge in [-0.25, -0.2) is 0 Å². The molecular formula is C22H24ClNO9. The minimum Gasteiger partial charge on any atom is -0.463 e. The Labute approximate surface area is 194 Å². The van der Waals surface area contributed by atoms with Gasteiger partial charge in [-0.15, -0.1) is 0 Å². The van der Waals surface area contributed by atoms with E-state index in [-0.39, 0.29) is 6.61 Å². The summed E-state index contributed by atoms with van der Waals surface area (Å²) in [6.45, 7) is 4.45. The van der Waals surface area contributed by atoms with Crippen LogP contribution < -0.4 is 0 Å². The number of carbonyl (C=O) groups is 4. The molecule has 33 heavy (non-hydrogen) atoms. The fourth-order valence-electron chi connectivity index (χ4n) is 3.80. The molecule has 0 aliphatic carbocycles. The Balaban J connectivity index is 2.13. The molecule has 5 atom stereocenters. The van der Waals surface area contributed by atoms with Gasteiger partial charge in [0.05, 0.1) is 5.52 Å². The summed E-state index contributed by atoms with van der Waals surface area (Å²) < 4.78 is 29.3. The summed E-state index contributed by atoms with van der Waals surface area (Å²) in [5.74, 6) is -2.63. The molecule has 1 saturated heterocycles. The summed E-state index contributed by atoms with van der Waals surface area (Å²) in [7, 11) is 0. The topological polar surface area (TPSA) is 119 Å². The Hall–Kier alpha value is -3.11. The summed E-state index contributed by atoms with van der Waals surface area (Å²) in [5, 5.41) is 1.21. The maximum atomic E-state index is 12.0. The molecule has 178 valence electrons. The number of ether oxygens (including phenoxy) is 5. The molecule has 3 rings (SSSR count). The van der Waals surface area contributed by atoms with Gasteiger partial charge in [0.1, 0.15) is 12.7 Å². The van der Waals surface area contributed by atoms with E-state index in [1.165, 1.54) is 27.7 Å². The summed E-state index contributed by atoms with van der Waals surface area (Å²) in [5.41, 5.74) is 0.656. The highest BCUT2D eigenvalue weighted by molar-refractivity contribution is 6.35. The van der Waals surface area contributed by atoms with E-state index < -0.39 is 54.5 Å². The predicted octanol–water partition coefficient (Wildman–Crippen LogP) is 2.55. The van der Waals surface area contributed by atoms with Gasteiger partial charge < -0.3 is 28.3 Å². The van der Waals surface area contributed by atoms with E-state index in [1.807, 2.05) is 0 Å². The first kappa shape index (κ1) is 24.5. The monoisotopic (exact) mass is 481 g/mol. The first-order valence-electron chi connectivity index (χ1n) is 10.1. The second kappa shape index (κ2) is 10.2. The van der Waals surface area contributed by atoms with Gasteiger partial charge in [-0.3, -0.25) is 19.2 Å². The van der Waals surface area contributed by atoms with Crippen LogP contribution in [0.1, 0.15) is 33.9 Å². The smallest absolute Gasteiger partial charge is 0.303 e. The quantitative estimate of drug-likeness (QED) is 0.452. The third kappa shape index (κ3) is 5.63. The number of hydrogen-bond acceptors (Lipinski definition) is 9. The SMILES string of the molecule is CC(=O)OC[C@H]1O[C@@H](n2ccc3c(Cl)cccc32)[C@H](OC(C)=O)[C@@H](OC(C)=O)[C@H]1OC(C)=O. The predicted molar refractivity (Wildman–Crippen MR) is 114 cm³/mol. The van der Waals surface area contributed by atoms with Gasteiger partial charge in [-0.05, 0) is 18.2 Å². The zero-order chi connectivity index (χ0) is 24.3. The molecule has 11 heteroatoms. The van der Waals surface area contributed by atoms with Crippen LogP contribution in [0, 0.1) is 0 Å². The van der Waals surface area contributed by atoms with Gasteiger partial charge in [0.25, 0.3) is 0 Å². The normalized spacial score (nSPS) is 24.7. The fourth-order valence-corrected chi connectivity index (χ4v) is 4.03. The third-order valence-corrected chi connectivity index (χ3v) is 5.28. The number of esters is 4. The van der Waals surface area contributed by atoms with Gasteiger partial charge in [-0.2, -0.15) is 0 Å². The van der Waals surface area contributed by atoms with Crippen molar-refractivity contribution in [1.82, 2.24) is 4.57 Å². The van der Waals surface area contributed by atoms with Crippen molar-refractivity contribution in [3.05, 3.63) is 35.5 Å². The van der Waals surface area contributed by atoms with Crippen LogP contribution in [0.4, 0.5) is 0 Å². The van der Waals surface area contributed by atoms with Crippen LogP contribution in [0.5, 0.6) is 0 Å². The molecule has 0 bridgehead atoms. The summed E-state index contributed by atoms with van der Waals surface area (Å²) in [6, 6.07) is 7.01. The molecule has 0 saturated carbocycles. The second-order valence-electron chi connectivity index (χ2n) is 7.49. The third-order valence-electron chi connectivity index (χ3n) is 4.95. The summed E-state index contributed by atoms with van der Waals surface area (Å²) >= 11 is 6.30. The molecule has 0 spiro atoms. The van der Waals surface area contributed by atoms with Crippen LogP contribution in [-0.2, 0) is 42.9 Å². The molecule has 1 fully saturated rings. The number of hydrogen-bond donors (Lipinski definition) is 0. The van der Waals surface area contributed by atoms with Crippen molar-refractivity contribution in [2.24, 2.45) is 0 Å². The van der Waals surface area contributed by atoms with Crippen LogP contribution >= 0.6 is 11.6 Å². The van der Waals surface area contributed by atoms with E-state index in [2.05, 4.69) is 0 Å². The molecular weight excluding hydrogens is 458 g/mol. The number of benzene rings is 1. The number of halogens is 1. The molecule has 1 aromatic heterocycles. The lowest BCUT2D eigenvalue weighted by Crippen LogP contribution is -2.60. The molecule has 0 unspecified atom stereocenters. The number of carbonyl (C=O) groups excluding carboxylic acids is 4. The van der Waals surface area contributed by atoms with Gasteiger partial charge in [-0.1, -0.05) is 17.7 Å². The molecule has 0 amide bonds. The van der Waals surface area contributed by atoms with E-state index in [0.29, 0.717) is 15.9 Å². The number of nitrogens with zero attached hydrogens (tertiary/aromatic N) is 1. The van der Waals surface area contributed by atoms with E-state index in [1.54, 1.807) is 35.0 Å². The first-order valence-corrected chi connectivity index (χ1v) is 10.5. The second-order valence-corrected chi connectivity index (χ2v) is 7.89. The van der Waals surface area contributed by atoms with Crippen molar-refractivity contribution < 1.29 is 42.9 Å². The fraction of sp³-hybridized carbons (Fsp3) is 0.455. The van der Waals surface area contributed by atoms with Crippen LogP contribution in [0.2, 0.25) is 5.02 Å². The Kier molecular flexibility index (Phi) is 7.60. The Morgan fingerprint density at radius 2 is 1.48 bits per heavy atom. The van der Waals surface area contributed by atoms with Crippen molar-refractivity contribution >= 4 is 46.4 Å². The maximum Gasteiger partial charge on any atom is 0.303 e. The first-order chi connectivity index (χ1) is 15.6. The number of fused-ring (bicyclic) bond motifs is 1. The Bertz CT molecular complexity index is 1070. The van der Waals surface area contributed by atoms with Crippen molar-refractivity contribution in [3.8, 4) is 0 Å². The maximum absolute atomic E-state index is 12.0. The highest BCUT2D eigenvalue weighted by Crippen LogP contribution is 2.37. The highest BCUT2D eigenvalue weighted by Gasteiger charge is 2.53. The lowest BCUT2D eigenvalue weighted by Gasteiger charge is -2.44. The van der Waals surface area contributed by atoms with Crippen molar-refractivity contribution in [3.63, 3.8) is 0 Å². The zero-order valence-corrected chi connectivity index (χ0v) is 19.2. The summed E-state index contributed by atoms with van der Waals surface area (Å²) in [4.78, 5) is 47.2. The zero-order valence-electron chi connectivity index (χ0n) is 18.5. The molecule has 1 aliphatic rings. The van der Waals surface area contributed by atoms with E-state index >= 15 is 0 Å². The van der Waals surface area contributed by atoms with E-state index in [4.69, 9.17) is 35.3 Å². The molecule has 2 heterocycles. The van der Waals surface area contributed by atoms with E-state index in [0.717, 1.165) is 0 Å². The van der Waals surface area contributed by atoms with E-state index in [9.17, 15) is 19.2 Å². The summed E-state index contributed by atoms with van der Waals surface area (Å²) in [6.07, 6.45) is -4.03. The largest absolute Gasteiger partial charge is 0.463 e. The standard InChI is InChI=1S/C22H24ClNO9/c1-11(25)29-10-18-19(30-12(2)26)20(31-13(3)27)21(32-14(4)28)22(33-18)24-9-8-15-16(23)6-5-7-17(15)24/h5-9,18-22H,10H2,1-4H3/t18-,19+,20+,21-,22-/m1/s1. The van der Waals surface area contributed by atoms with Crippen molar-refractivity contribution in [1.29, 1.82) is 0 Å². The molecule has 0 N–H and O–H groups in total. The lowest BCUT2D eigenvalue weighted by molar-refractivity contribution is -0.267. The Morgan fingerprint density at radius 3 is 2.09 bits per heavy atom. The Morgan fingerprint density at radius 1 is 0.879 bits per heavy atom. The lowest BCUT2D eigenvalue weighted by atomic mass is 9.97. The highest BCUT2D eigenvalue weighted by atomic mass is 35.5. The van der Waals surface area contributed by atoms with Crippen LogP contribution in [-0.4, -0.2) is 59.5 Å². The molecule has 1 aromatic carbocycles. The van der Waals surface area contributed by atoms with Crippen molar-refractivity contribution in [2.75, 3.05) is 6.61 Å². The molecule has 0 radical (unpaired) electrons. The average molecular weight is 482 g/mol. The number of rotatable bonds is 6. The molecule has 2 aromatic rings. The van der Waals surface area contributed by atoms with Gasteiger partial charge in [0, 0.05) is 44.3 Å². The minimum absolute atomic E-state index is 0.297. The van der Waals surface area contributed by atoms with Gasteiger partial charge >= 0.3 is 23.9 Å². The molecule has 10 nitrogen and oxygen atoms in total. The van der Waals surface area contributed by atoms with Crippen LogP contribution in [0.15, 0.2) is 30.5 Å². The van der Waals surface area contributed by atoms with Crippen LogP contribution in [0.3, 0.4) is 0 Å². The van der Waals surface area contributed by atoms with Crippen LogP contribution in [0.25, 0.3) is 10.9 Å². The molecule has 1 aliphatic heterocycles. The van der Waals surface area contributed by atoms with Gasteiger partial charge in [0.15, 0.2) is 24.5 Å².